The molecule has 0 aliphatic heterocycles. The van der Waals surface area contributed by atoms with Crippen molar-refractivity contribution in [1.82, 2.24) is 9.55 Å². The Morgan fingerprint density at radius 3 is 1.77 bits per heavy atom. The van der Waals surface area contributed by atoms with Crippen LogP contribution in [0, 0.1) is 6.92 Å². The largest absolute Gasteiger partial charge is 0.335 e. The zero-order valence-electron chi connectivity index (χ0n) is 10.1. The van der Waals surface area contributed by atoms with Crippen LogP contribution in [0.15, 0.2) is 12.5 Å². The second-order valence-electron chi connectivity index (χ2n) is 2.56. The summed E-state index contributed by atoms with van der Waals surface area (Å²) < 4.78 is 2.09. The Bertz CT molecular complexity index is 190. The minimum atomic E-state index is 0.534. The molecule has 0 saturated heterocycles. The summed E-state index contributed by atoms with van der Waals surface area (Å²) in [5, 5.41) is 0. The Morgan fingerprint density at radius 2 is 1.62 bits per heavy atom. The molecule has 1 aromatic heterocycles. The summed E-state index contributed by atoms with van der Waals surface area (Å²) in [4.78, 5) is 4.10. The molecule has 0 aliphatic rings. The van der Waals surface area contributed by atoms with Gasteiger partial charge in [-0.1, -0.05) is 27.7 Å². The first-order chi connectivity index (χ1) is 6.20. The first-order valence-corrected chi connectivity index (χ1v) is 5.20. The zero-order chi connectivity index (χ0) is 10.9. The highest BCUT2D eigenvalue weighted by atomic mass is 15.0. The van der Waals surface area contributed by atoms with Crippen molar-refractivity contribution in [2.45, 2.75) is 54.5 Å². The van der Waals surface area contributed by atoms with Gasteiger partial charge in [-0.15, -0.1) is 0 Å². The fraction of sp³-hybridized carbons (Fsp3) is 0.727. The highest BCUT2D eigenvalue weighted by Gasteiger charge is 1.95. The number of imidazole rings is 1. The number of nitrogens with zero attached hydrogens (tertiary/aromatic N) is 2. The summed E-state index contributed by atoms with van der Waals surface area (Å²) in [6.45, 7) is 14.3. The molecule has 13 heavy (non-hydrogen) atoms. The normalized spacial score (nSPS) is 8.31. The molecule has 1 aromatic rings. The van der Waals surface area contributed by atoms with E-state index in [1.165, 1.54) is 0 Å². The average molecular weight is 184 g/mol. The molecule has 0 spiro atoms. The predicted molar refractivity (Wildman–Crippen MR) is 60.0 cm³/mol. The van der Waals surface area contributed by atoms with Gasteiger partial charge in [0.2, 0.25) is 0 Å². The number of hydrogen-bond acceptors (Lipinski definition) is 1. The minimum absolute atomic E-state index is 0.534. The third-order valence-electron chi connectivity index (χ3n) is 1.33. The van der Waals surface area contributed by atoms with E-state index in [9.17, 15) is 0 Å². The fourth-order valence-corrected chi connectivity index (χ4v) is 0.723. The molecule has 0 N–H and O–H groups in total. The van der Waals surface area contributed by atoms with Gasteiger partial charge in [0.15, 0.2) is 0 Å². The predicted octanol–water partition coefficient (Wildman–Crippen LogP) is 3.82. The van der Waals surface area contributed by atoms with Gasteiger partial charge in [0, 0.05) is 12.2 Å². The maximum atomic E-state index is 4.10. The SMILES string of the molecule is CC.CC.Cc1cn(C(C)C)cn1. The van der Waals surface area contributed by atoms with Gasteiger partial charge in [-0.3, -0.25) is 0 Å². The van der Waals surface area contributed by atoms with Gasteiger partial charge in [-0.25, -0.2) is 4.98 Å². The zero-order valence-corrected chi connectivity index (χ0v) is 10.1. The molecule has 0 aliphatic carbocycles. The molecule has 0 unspecified atom stereocenters. The van der Waals surface area contributed by atoms with Crippen LogP contribution >= 0.6 is 0 Å². The summed E-state index contributed by atoms with van der Waals surface area (Å²) in [6, 6.07) is 0.534. The fourth-order valence-electron chi connectivity index (χ4n) is 0.723. The van der Waals surface area contributed by atoms with Gasteiger partial charge in [0.25, 0.3) is 0 Å². The van der Waals surface area contributed by atoms with Crippen molar-refractivity contribution in [3.8, 4) is 0 Å². The van der Waals surface area contributed by atoms with Crippen molar-refractivity contribution in [2.75, 3.05) is 0 Å². The second kappa shape index (κ2) is 9.30. The van der Waals surface area contributed by atoms with Crippen molar-refractivity contribution in [3.05, 3.63) is 18.2 Å². The van der Waals surface area contributed by atoms with Gasteiger partial charge >= 0.3 is 0 Å². The molecule has 2 heteroatoms. The summed E-state index contributed by atoms with van der Waals surface area (Å²) >= 11 is 0. The molecular weight excluding hydrogens is 160 g/mol. The Hall–Kier alpha value is -0.790. The van der Waals surface area contributed by atoms with Crippen LogP contribution in [0.5, 0.6) is 0 Å². The van der Waals surface area contributed by atoms with E-state index in [0.29, 0.717) is 6.04 Å². The van der Waals surface area contributed by atoms with Crippen LogP contribution in [-0.4, -0.2) is 9.55 Å². The van der Waals surface area contributed by atoms with Crippen LogP contribution in [0.3, 0.4) is 0 Å². The summed E-state index contributed by atoms with van der Waals surface area (Å²) in [5.41, 5.74) is 1.09. The maximum absolute atomic E-state index is 4.10. The molecule has 1 heterocycles. The van der Waals surface area contributed by atoms with Gasteiger partial charge in [0.05, 0.1) is 12.0 Å². The summed E-state index contributed by atoms with van der Waals surface area (Å²) in [7, 11) is 0. The molecule has 78 valence electrons. The summed E-state index contributed by atoms with van der Waals surface area (Å²) in [6.07, 6.45) is 3.91. The molecule has 0 amide bonds. The molecule has 0 aromatic carbocycles. The van der Waals surface area contributed by atoms with E-state index >= 15 is 0 Å². The van der Waals surface area contributed by atoms with Crippen molar-refractivity contribution in [3.63, 3.8) is 0 Å². The average Bonchev–Trinajstić information content (AvgIpc) is 2.59. The first kappa shape index (κ1) is 14.7. The van der Waals surface area contributed by atoms with E-state index in [1.807, 2.05) is 47.1 Å². The minimum Gasteiger partial charge on any atom is -0.335 e. The van der Waals surface area contributed by atoms with E-state index in [1.54, 1.807) is 0 Å². The molecule has 0 saturated carbocycles. The topological polar surface area (TPSA) is 17.8 Å². The monoisotopic (exact) mass is 184 g/mol. The van der Waals surface area contributed by atoms with E-state index in [-0.39, 0.29) is 0 Å². The van der Waals surface area contributed by atoms with E-state index in [4.69, 9.17) is 0 Å². The Labute approximate surface area is 83.0 Å². The third-order valence-corrected chi connectivity index (χ3v) is 1.33. The Kier molecular flexibility index (Phi) is 10.5. The lowest BCUT2D eigenvalue weighted by Gasteiger charge is -2.02. The quantitative estimate of drug-likeness (QED) is 0.648. The molecular formula is C11H24N2. The van der Waals surface area contributed by atoms with Crippen LogP contribution < -0.4 is 0 Å². The van der Waals surface area contributed by atoms with Crippen molar-refractivity contribution in [1.29, 1.82) is 0 Å². The van der Waals surface area contributed by atoms with Gasteiger partial charge < -0.3 is 4.57 Å². The van der Waals surface area contributed by atoms with Crippen molar-refractivity contribution in [2.24, 2.45) is 0 Å². The molecule has 0 bridgehead atoms. The van der Waals surface area contributed by atoms with Gasteiger partial charge in [0.1, 0.15) is 0 Å². The van der Waals surface area contributed by atoms with Crippen LogP contribution in [0.4, 0.5) is 0 Å². The van der Waals surface area contributed by atoms with Crippen molar-refractivity contribution >= 4 is 0 Å². The molecule has 1 rings (SSSR count). The Morgan fingerprint density at radius 1 is 1.15 bits per heavy atom. The lowest BCUT2D eigenvalue weighted by atomic mass is 10.4. The van der Waals surface area contributed by atoms with E-state index in [0.717, 1.165) is 5.69 Å². The first-order valence-electron chi connectivity index (χ1n) is 5.20. The molecule has 0 fully saturated rings. The molecule has 0 atom stereocenters. The molecule has 0 radical (unpaired) electrons. The number of hydrogen-bond donors (Lipinski definition) is 0. The molecule has 2 nitrogen and oxygen atoms in total. The van der Waals surface area contributed by atoms with Gasteiger partial charge in [-0.05, 0) is 20.8 Å². The lowest BCUT2D eigenvalue weighted by Crippen LogP contribution is -1.95. The highest BCUT2D eigenvalue weighted by molar-refractivity contribution is 4.93. The standard InChI is InChI=1S/C7H12N2.2C2H6/c1-6(2)9-4-7(3)8-5-9;2*1-2/h4-6H,1-3H3;2*1-2H3. The van der Waals surface area contributed by atoms with Crippen LogP contribution in [0.25, 0.3) is 0 Å². The maximum Gasteiger partial charge on any atom is 0.0951 e. The number of aryl methyl sites for hydroxylation is 1. The third kappa shape index (κ3) is 6.38. The smallest absolute Gasteiger partial charge is 0.0951 e. The highest BCUT2D eigenvalue weighted by Crippen LogP contribution is 2.03. The van der Waals surface area contributed by atoms with E-state index < -0.39 is 0 Å². The second-order valence-corrected chi connectivity index (χ2v) is 2.56. The van der Waals surface area contributed by atoms with Crippen LogP contribution in [-0.2, 0) is 0 Å². The van der Waals surface area contributed by atoms with Crippen LogP contribution in [0.1, 0.15) is 53.3 Å². The van der Waals surface area contributed by atoms with Crippen molar-refractivity contribution < 1.29 is 0 Å². The summed E-state index contributed by atoms with van der Waals surface area (Å²) in [5.74, 6) is 0. The van der Waals surface area contributed by atoms with E-state index in [2.05, 4.69) is 23.4 Å². The number of rotatable bonds is 1. The van der Waals surface area contributed by atoms with Gasteiger partial charge in [-0.2, -0.15) is 0 Å². The number of aromatic nitrogens is 2. The van der Waals surface area contributed by atoms with Crippen LogP contribution in [0.2, 0.25) is 0 Å². The lowest BCUT2D eigenvalue weighted by molar-refractivity contribution is 0.599. The Balaban J connectivity index is 0.